The fourth-order valence-electron chi connectivity index (χ4n) is 2.69. The number of ether oxygens (including phenoxy) is 2. The van der Waals surface area contributed by atoms with E-state index in [1.54, 1.807) is 19.2 Å². The highest BCUT2D eigenvalue weighted by Crippen LogP contribution is 2.37. The number of alkyl halides is 3. The third-order valence-electron chi connectivity index (χ3n) is 4.49. The Morgan fingerprint density at radius 1 is 1.21 bits per heavy atom. The molecule has 2 aromatic carbocycles. The van der Waals surface area contributed by atoms with Crippen LogP contribution in [0.25, 0.3) is 10.9 Å². The fourth-order valence-corrected chi connectivity index (χ4v) is 3.00. The van der Waals surface area contributed by atoms with Gasteiger partial charge in [0.15, 0.2) is 17.3 Å². The van der Waals surface area contributed by atoms with Crippen LogP contribution in [0.3, 0.4) is 0 Å². The van der Waals surface area contributed by atoms with Crippen molar-refractivity contribution in [1.29, 1.82) is 0 Å². The Balaban J connectivity index is 0.000000406. The predicted molar refractivity (Wildman–Crippen MR) is 117 cm³/mol. The molecule has 0 bridgehead atoms. The van der Waals surface area contributed by atoms with Crippen LogP contribution >= 0.6 is 23.2 Å². The lowest BCUT2D eigenvalue weighted by Gasteiger charge is -2.28. The van der Waals surface area contributed by atoms with Gasteiger partial charge in [0.2, 0.25) is 0 Å². The zero-order valence-electron chi connectivity index (χ0n) is 17.2. The maximum absolute atomic E-state index is 14.4. The van der Waals surface area contributed by atoms with Gasteiger partial charge in [0.25, 0.3) is 0 Å². The Kier molecular flexibility index (Phi) is 7.85. The number of aromatic nitrogens is 2. The van der Waals surface area contributed by atoms with Crippen LogP contribution in [-0.2, 0) is 4.79 Å². The van der Waals surface area contributed by atoms with Crippen molar-refractivity contribution >= 4 is 51.6 Å². The standard InChI is InChI=1S/C18H15Cl2FN4O2.C2HF3O2/c1-26-14-5-13-10(4-15(14)27-9-6-22-7-9)18(24-8-23-13)25-12-3-2-11(19)16(20)17(12)21;3-2(4,5)1(6)7/h2-5,8-9,22H,6-7H2,1H3,(H,23,24,25);(H,6,7). The van der Waals surface area contributed by atoms with Crippen molar-refractivity contribution in [3.63, 3.8) is 0 Å². The molecule has 0 amide bonds. The molecule has 1 fully saturated rings. The summed E-state index contributed by atoms with van der Waals surface area (Å²) in [6.45, 7) is 1.54. The normalized spacial score (nSPS) is 13.5. The molecular weight excluding hydrogens is 507 g/mol. The molecule has 0 spiro atoms. The van der Waals surface area contributed by atoms with Gasteiger partial charge in [-0.1, -0.05) is 23.2 Å². The lowest BCUT2D eigenvalue weighted by atomic mass is 10.2. The van der Waals surface area contributed by atoms with E-state index in [2.05, 4.69) is 20.6 Å². The average molecular weight is 523 g/mol. The molecule has 182 valence electrons. The van der Waals surface area contributed by atoms with Gasteiger partial charge in [-0.05, 0) is 18.2 Å². The van der Waals surface area contributed by atoms with E-state index in [1.165, 1.54) is 18.5 Å². The summed E-state index contributed by atoms with van der Waals surface area (Å²) in [5.41, 5.74) is 0.787. The Bertz CT molecular complexity index is 1210. The van der Waals surface area contributed by atoms with Crippen molar-refractivity contribution in [3.05, 3.63) is 46.5 Å². The molecule has 8 nitrogen and oxygen atoms in total. The minimum absolute atomic E-state index is 0.0740. The lowest BCUT2D eigenvalue weighted by molar-refractivity contribution is -0.192. The second-order valence-corrected chi connectivity index (χ2v) is 7.58. The molecule has 0 atom stereocenters. The van der Waals surface area contributed by atoms with E-state index >= 15 is 0 Å². The van der Waals surface area contributed by atoms with Gasteiger partial charge in [0.1, 0.15) is 18.2 Å². The van der Waals surface area contributed by atoms with Gasteiger partial charge in [-0.25, -0.2) is 19.2 Å². The average Bonchev–Trinajstić information content (AvgIpc) is 2.76. The summed E-state index contributed by atoms with van der Waals surface area (Å²) in [6, 6.07) is 6.55. The molecule has 0 radical (unpaired) electrons. The number of carboxylic acid groups (broad SMARTS) is 1. The third-order valence-corrected chi connectivity index (χ3v) is 5.27. The first-order chi connectivity index (χ1) is 16.0. The zero-order chi connectivity index (χ0) is 25.0. The maximum Gasteiger partial charge on any atom is 0.490 e. The van der Waals surface area contributed by atoms with Crippen LogP contribution in [0, 0.1) is 5.82 Å². The number of nitrogens with one attached hydrogen (secondary N) is 2. The highest BCUT2D eigenvalue weighted by atomic mass is 35.5. The Morgan fingerprint density at radius 3 is 2.44 bits per heavy atom. The zero-order valence-corrected chi connectivity index (χ0v) is 18.7. The molecule has 0 aliphatic carbocycles. The van der Waals surface area contributed by atoms with E-state index in [1.807, 2.05) is 0 Å². The maximum atomic E-state index is 14.4. The van der Waals surface area contributed by atoms with Gasteiger partial charge in [-0.15, -0.1) is 0 Å². The smallest absolute Gasteiger partial charge is 0.490 e. The number of benzene rings is 2. The Morgan fingerprint density at radius 2 is 1.88 bits per heavy atom. The van der Waals surface area contributed by atoms with Crippen molar-refractivity contribution in [2.75, 3.05) is 25.5 Å². The minimum Gasteiger partial charge on any atom is -0.493 e. The van der Waals surface area contributed by atoms with E-state index in [0.29, 0.717) is 28.2 Å². The van der Waals surface area contributed by atoms with Gasteiger partial charge in [-0.3, -0.25) is 0 Å². The Hall–Kier alpha value is -3.09. The van der Waals surface area contributed by atoms with Crippen LogP contribution in [0.4, 0.5) is 29.1 Å². The number of fused-ring (bicyclic) bond motifs is 1. The number of halogens is 6. The molecule has 1 aromatic heterocycles. The monoisotopic (exact) mass is 522 g/mol. The highest BCUT2D eigenvalue weighted by molar-refractivity contribution is 6.42. The van der Waals surface area contributed by atoms with E-state index in [-0.39, 0.29) is 21.8 Å². The number of nitrogens with zero attached hydrogens (tertiary/aromatic N) is 2. The van der Waals surface area contributed by atoms with Crippen LogP contribution in [0.1, 0.15) is 0 Å². The summed E-state index contributed by atoms with van der Waals surface area (Å²) in [4.78, 5) is 17.4. The molecule has 1 aliphatic heterocycles. The summed E-state index contributed by atoms with van der Waals surface area (Å²) in [5.74, 6) is -1.85. The predicted octanol–water partition coefficient (Wildman–Crippen LogP) is 4.81. The molecule has 34 heavy (non-hydrogen) atoms. The molecule has 0 unspecified atom stereocenters. The quantitative estimate of drug-likeness (QED) is 0.323. The lowest BCUT2D eigenvalue weighted by Crippen LogP contribution is -2.50. The van der Waals surface area contributed by atoms with Gasteiger partial charge < -0.3 is 25.2 Å². The van der Waals surface area contributed by atoms with Crippen molar-refractivity contribution < 1.29 is 36.9 Å². The molecule has 3 aromatic rings. The number of hydrogen-bond acceptors (Lipinski definition) is 7. The van der Waals surface area contributed by atoms with Gasteiger partial charge in [0, 0.05) is 24.5 Å². The SMILES string of the molecule is COc1cc2ncnc(Nc3ccc(Cl)c(Cl)c3F)c2cc1OC1CNC1.O=C(O)C(F)(F)F. The van der Waals surface area contributed by atoms with Gasteiger partial charge in [-0.2, -0.15) is 13.2 Å². The molecule has 0 saturated carbocycles. The highest BCUT2D eigenvalue weighted by Gasteiger charge is 2.38. The van der Waals surface area contributed by atoms with Crippen LogP contribution in [0.2, 0.25) is 10.0 Å². The van der Waals surface area contributed by atoms with E-state index in [4.69, 9.17) is 42.6 Å². The topological polar surface area (TPSA) is 106 Å². The molecule has 2 heterocycles. The molecule has 1 aliphatic rings. The van der Waals surface area contributed by atoms with Crippen molar-refractivity contribution in [2.24, 2.45) is 0 Å². The summed E-state index contributed by atoms with van der Waals surface area (Å²) in [6.07, 6.45) is -3.62. The summed E-state index contributed by atoms with van der Waals surface area (Å²) in [7, 11) is 1.57. The second kappa shape index (κ2) is 10.5. The Labute approximate surface area is 199 Å². The number of carboxylic acids is 1. The van der Waals surface area contributed by atoms with Crippen molar-refractivity contribution in [2.45, 2.75) is 12.3 Å². The number of rotatable bonds is 5. The first-order valence-electron chi connectivity index (χ1n) is 9.42. The van der Waals surface area contributed by atoms with Gasteiger partial charge in [0.05, 0.1) is 28.4 Å². The largest absolute Gasteiger partial charge is 0.493 e. The van der Waals surface area contributed by atoms with E-state index < -0.39 is 18.0 Å². The summed E-state index contributed by atoms with van der Waals surface area (Å²) < 4.78 is 57.5. The number of aliphatic carboxylic acids is 1. The van der Waals surface area contributed by atoms with Crippen molar-refractivity contribution in [3.8, 4) is 11.5 Å². The number of carbonyl (C=O) groups is 1. The minimum atomic E-state index is -5.08. The van der Waals surface area contributed by atoms with Crippen LogP contribution < -0.4 is 20.1 Å². The molecule has 3 N–H and O–H groups in total. The molecule has 1 saturated heterocycles. The van der Waals surface area contributed by atoms with Crippen LogP contribution in [-0.4, -0.2) is 53.5 Å². The summed E-state index contributed by atoms with van der Waals surface area (Å²) >= 11 is 11.7. The third kappa shape index (κ3) is 5.88. The molecular formula is C20H16Cl2F4N4O4. The van der Waals surface area contributed by atoms with Crippen LogP contribution in [0.15, 0.2) is 30.6 Å². The van der Waals surface area contributed by atoms with Crippen molar-refractivity contribution in [1.82, 2.24) is 15.3 Å². The molecule has 14 heteroatoms. The number of hydrogen-bond donors (Lipinski definition) is 3. The van der Waals surface area contributed by atoms with E-state index in [9.17, 15) is 17.6 Å². The van der Waals surface area contributed by atoms with Crippen LogP contribution in [0.5, 0.6) is 11.5 Å². The first-order valence-corrected chi connectivity index (χ1v) is 10.2. The summed E-state index contributed by atoms with van der Waals surface area (Å²) in [5, 5.41) is 13.9. The molecule has 4 rings (SSSR count). The number of anilines is 2. The van der Waals surface area contributed by atoms with Gasteiger partial charge >= 0.3 is 12.1 Å². The number of methoxy groups -OCH3 is 1. The first kappa shape index (κ1) is 25.5. The fraction of sp³-hybridized carbons (Fsp3) is 0.250. The van der Waals surface area contributed by atoms with E-state index in [0.717, 1.165) is 13.1 Å². The second-order valence-electron chi connectivity index (χ2n) is 6.79.